The molecule has 6 nitrogen and oxygen atoms in total. The lowest BCUT2D eigenvalue weighted by atomic mass is 9.99. The zero-order valence-corrected chi connectivity index (χ0v) is 29.0. The van der Waals surface area contributed by atoms with E-state index < -0.39 is 0 Å². The van der Waals surface area contributed by atoms with Crippen molar-refractivity contribution in [3.8, 4) is 51.0 Å². The highest BCUT2D eigenvalue weighted by molar-refractivity contribution is 6.09. The van der Waals surface area contributed by atoms with Crippen LogP contribution in [0.1, 0.15) is 0 Å². The molecule has 0 amide bonds. The van der Waals surface area contributed by atoms with Gasteiger partial charge in [0.25, 0.3) is 0 Å². The highest BCUT2D eigenvalue weighted by Crippen LogP contribution is 2.37. The SMILES string of the molecule is c1ccc(-c2nc(-c3ccccc3)nc(-c3cc(-c4ccc5c(ccc6nc7ccccc7n65)c4)cc(-n4c5ccccc5c5ccccc54)c3)n2)cc1. The lowest BCUT2D eigenvalue weighted by Gasteiger charge is -2.15. The average molecular weight is 691 g/mol. The van der Waals surface area contributed by atoms with E-state index in [1.54, 1.807) is 0 Å². The van der Waals surface area contributed by atoms with Crippen molar-refractivity contribution in [2.75, 3.05) is 0 Å². The molecular formula is C48H30N6. The summed E-state index contributed by atoms with van der Waals surface area (Å²) in [5.74, 6) is 1.87. The van der Waals surface area contributed by atoms with Crippen LogP contribution >= 0.6 is 0 Å². The largest absolute Gasteiger partial charge is 0.309 e. The predicted octanol–water partition coefficient (Wildman–Crippen LogP) is 11.6. The maximum absolute atomic E-state index is 5.15. The van der Waals surface area contributed by atoms with Gasteiger partial charge in [-0.05, 0) is 83.2 Å². The third-order valence-electron chi connectivity index (χ3n) is 10.3. The van der Waals surface area contributed by atoms with Crippen LogP contribution in [0.25, 0.3) is 100 Å². The van der Waals surface area contributed by atoms with Gasteiger partial charge >= 0.3 is 0 Å². The second-order valence-electron chi connectivity index (χ2n) is 13.6. The first-order valence-corrected chi connectivity index (χ1v) is 18.1. The molecule has 0 saturated carbocycles. The van der Waals surface area contributed by atoms with Crippen LogP contribution in [0.3, 0.4) is 0 Å². The van der Waals surface area contributed by atoms with Gasteiger partial charge in [-0.25, -0.2) is 19.9 Å². The van der Waals surface area contributed by atoms with Gasteiger partial charge in [0, 0.05) is 33.2 Å². The maximum atomic E-state index is 5.15. The standard InChI is InChI=1S/C48H30N6/c1-3-13-31(14-4-1)46-50-47(32-15-5-2-6-16-32)52-48(51-46)36-28-35(29-37(30-36)53-42-20-10-7-17-38(42)39-18-8-11-21-43(39)53)33-23-25-41-34(27-33)24-26-45-49-40-19-9-12-22-44(40)54(41)45/h1-30H. The van der Waals surface area contributed by atoms with Crippen LogP contribution in [-0.4, -0.2) is 28.9 Å². The van der Waals surface area contributed by atoms with Crippen LogP contribution in [0.5, 0.6) is 0 Å². The monoisotopic (exact) mass is 690 g/mol. The second kappa shape index (κ2) is 12.1. The first-order valence-electron chi connectivity index (χ1n) is 18.1. The van der Waals surface area contributed by atoms with Crippen molar-refractivity contribution in [1.29, 1.82) is 0 Å². The minimum Gasteiger partial charge on any atom is -0.309 e. The summed E-state index contributed by atoms with van der Waals surface area (Å²) in [6, 6.07) is 63.5. The van der Waals surface area contributed by atoms with Gasteiger partial charge in [-0.3, -0.25) is 4.40 Å². The number of nitrogens with zero attached hydrogens (tertiary/aromatic N) is 6. The third kappa shape index (κ3) is 4.89. The third-order valence-corrected chi connectivity index (χ3v) is 10.3. The molecule has 0 aliphatic carbocycles. The second-order valence-corrected chi connectivity index (χ2v) is 13.6. The molecule has 0 N–H and O–H groups in total. The summed E-state index contributed by atoms with van der Waals surface area (Å²) in [5, 5.41) is 3.55. The molecule has 0 unspecified atom stereocenters. The number of pyridine rings is 1. The van der Waals surface area contributed by atoms with E-state index in [0.29, 0.717) is 17.5 Å². The first kappa shape index (κ1) is 30.2. The normalized spacial score (nSPS) is 11.7. The molecule has 4 heterocycles. The van der Waals surface area contributed by atoms with Crippen LogP contribution in [-0.2, 0) is 0 Å². The number of hydrogen-bond donors (Lipinski definition) is 0. The van der Waals surface area contributed by atoms with E-state index in [1.807, 2.05) is 66.7 Å². The summed E-state index contributed by atoms with van der Waals surface area (Å²) in [4.78, 5) is 20.1. The average Bonchev–Trinajstić information content (AvgIpc) is 3.80. The van der Waals surface area contributed by atoms with Crippen LogP contribution in [0.15, 0.2) is 182 Å². The number of rotatable bonds is 5. The molecule has 0 saturated heterocycles. The topological polar surface area (TPSA) is 60.9 Å². The summed E-state index contributed by atoms with van der Waals surface area (Å²) >= 11 is 0. The van der Waals surface area contributed by atoms with E-state index >= 15 is 0 Å². The van der Waals surface area contributed by atoms with Crippen molar-refractivity contribution in [3.05, 3.63) is 182 Å². The van der Waals surface area contributed by atoms with Crippen molar-refractivity contribution >= 4 is 49.4 Å². The maximum Gasteiger partial charge on any atom is 0.164 e. The minimum atomic E-state index is 0.610. The summed E-state index contributed by atoms with van der Waals surface area (Å²) in [6.45, 7) is 0. The number of para-hydroxylation sites is 4. The van der Waals surface area contributed by atoms with E-state index in [0.717, 1.165) is 72.1 Å². The quantitative estimate of drug-likeness (QED) is 0.180. The van der Waals surface area contributed by atoms with Gasteiger partial charge < -0.3 is 4.57 Å². The molecule has 0 fully saturated rings. The van der Waals surface area contributed by atoms with Crippen LogP contribution in [0.4, 0.5) is 0 Å². The van der Waals surface area contributed by atoms with E-state index in [9.17, 15) is 0 Å². The van der Waals surface area contributed by atoms with Gasteiger partial charge in [0.15, 0.2) is 17.5 Å². The first-order chi connectivity index (χ1) is 26.7. The number of aromatic nitrogens is 6. The Balaban J connectivity index is 1.18. The predicted molar refractivity (Wildman–Crippen MR) is 220 cm³/mol. The van der Waals surface area contributed by atoms with Crippen molar-refractivity contribution < 1.29 is 0 Å². The Morgan fingerprint density at radius 2 is 0.889 bits per heavy atom. The summed E-state index contributed by atoms with van der Waals surface area (Å²) in [6.07, 6.45) is 0. The molecule has 0 atom stereocenters. The van der Waals surface area contributed by atoms with E-state index in [4.69, 9.17) is 19.9 Å². The number of fused-ring (bicyclic) bond motifs is 8. The molecule has 54 heavy (non-hydrogen) atoms. The summed E-state index contributed by atoms with van der Waals surface area (Å²) in [7, 11) is 0. The van der Waals surface area contributed by atoms with E-state index in [-0.39, 0.29) is 0 Å². The van der Waals surface area contributed by atoms with Crippen LogP contribution < -0.4 is 0 Å². The highest BCUT2D eigenvalue weighted by Gasteiger charge is 2.18. The molecule has 252 valence electrons. The molecule has 0 aliphatic heterocycles. The van der Waals surface area contributed by atoms with Crippen molar-refractivity contribution in [2.45, 2.75) is 0 Å². The Kier molecular flexibility index (Phi) is 6.75. The summed E-state index contributed by atoms with van der Waals surface area (Å²) in [5.41, 5.74) is 12.4. The smallest absolute Gasteiger partial charge is 0.164 e. The molecule has 0 radical (unpaired) electrons. The number of imidazole rings is 1. The molecular weight excluding hydrogens is 661 g/mol. The van der Waals surface area contributed by atoms with Crippen LogP contribution in [0, 0.1) is 0 Å². The highest BCUT2D eigenvalue weighted by atomic mass is 15.0. The molecule has 0 bridgehead atoms. The Bertz CT molecular complexity index is 3110. The van der Waals surface area contributed by atoms with E-state index in [2.05, 4.69) is 124 Å². The molecule has 11 aromatic rings. The van der Waals surface area contributed by atoms with Gasteiger partial charge in [0.2, 0.25) is 0 Å². The van der Waals surface area contributed by atoms with Crippen molar-refractivity contribution in [1.82, 2.24) is 28.9 Å². The van der Waals surface area contributed by atoms with Gasteiger partial charge in [-0.1, -0.05) is 115 Å². The fraction of sp³-hybridized carbons (Fsp3) is 0. The Labute approximate surface area is 310 Å². The molecule has 4 aromatic heterocycles. The number of benzene rings is 7. The van der Waals surface area contributed by atoms with Gasteiger partial charge in [0.05, 0.1) is 27.6 Å². The molecule has 6 heteroatoms. The molecule has 7 aromatic carbocycles. The van der Waals surface area contributed by atoms with Crippen LogP contribution in [0.2, 0.25) is 0 Å². The lowest BCUT2D eigenvalue weighted by molar-refractivity contribution is 1.07. The zero-order valence-electron chi connectivity index (χ0n) is 29.0. The Morgan fingerprint density at radius 3 is 1.56 bits per heavy atom. The summed E-state index contributed by atoms with van der Waals surface area (Å²) < 4.78 is 4.60. The Morgan fingerprint density at radius 1 is 0.333 bits per heavy atom. The lowest BCUT2D eigenvalue weighted by Crippen LogP contribution is -2.01. The van der Waals surface area contributed by atoms with Gasteiger partial charge in [-0.15, -0.1) is 0 Å². The molecule has 0 spiro atoms. The fourth-order valence-electron chi connectivity index (χ4n) is 7.82. The number of hydrogen-bond acceptors (Lipinski definition) is 4. The van der Waals surface area contributed by atoms with E-state index in [1.165, 1.54) is 10.8 Å². The zero-order chi connectivity index (χ0) is 35.6. The minimum absolute atomic E-state index is 0.610. The fourth-order valence-corrected chi connectivity index (χ4v) is 7.82. The molecule has 0 aliphatic rings. The molecule has 11 rings (SSSR count). The Hall–Kier alpha value is -7.44. The van der Waals surface area contributed by atoms with Gasteiger partial charge in [-0.2, -0.15) is 0 Å². The van der Waals surface area contributed by atoms with Crippen molar-refractivity contribution in [2.24, 2.45) is 0 Å². The van der Waals surface area contributed by atoms with Crippen molar-refractivity contribution in [3.63, 3.8) is 0 Å². The van der Waals surface area contributed by atoms with Gasteiger partial charge in [0.1, 0.15) is 5.65 Å².